The molecule has 0 aromatic carbocycles. The SMILES string of the molecule is NCC(=O)Nc1cnc(CCC(=O)O)[nH]1.NCC(=O)Nc1cnc(CCC(=O)O)[nH]1.[Cu]. The van der Waals surface area contributed by atoms with Crippen LogP contribution in [0.3, 0.4) is 0 Å². The minimum atomic E-state index is -0.890. The molecule has 175 valence electrons. The first kappa shape index (κ1) is 27.7. The first-order valence-electron chi connectivity index (χ1n) is 8.74. The van der Waals surface area contributed by atoms with E-state index in [1.807, 2.05) is 0 Å². The molecular weight excluding hydrogens is 464 g/mol. The van der Waals surface area contributed by atoms with Crippen molar-refractivity contribution in [2.45, 2.75) is 25.7 Å². The van der Waals surface area contributed by atoms with E-state index in [0.717, 1.165) is 0 Å². The summed E-state index contributed by atoms with van der Waals surface area (Å²) in [6, 6.07) is 0. The number of carboxylic acid groups (broad SMARTS) is 2. The molecule has 0 aliphatic carbocycles. The number of hydrogen-bond acceptors (Lipinski definition) is 8. The molecule has 1 radical (unpaired) electrons. The van der Waals surface area contributed by atoms with Gasteiger partial charge in [-0.3, -0.25) is 19.2 Å². The average Bonchev–Trinajstić information content (AvgIpc) is 3.34. The number of imidazole rings is 2. The number of H-pyrrole nitrogens is 2. The molecule has 0 atom stereocenters. The molecule has 0 saturated carbocycles. The van der Waals surface area contributed by atoms with E-state index in [1.165, 1.54) is 12.4 Å². The summed E-state index contributed by atoms with van der Waals surface area (Å²) in [5.41, 5.74) is 10.2. The van der Waals surface area contributed by atoms with Crippen molar-refractivity contribution in [3.63, 3.8) is 0 Å². The van der Waals surface area contributed by atoms with Crippen LogP contribution < -0.4 is 22.1 Å². The van der Waals surface area contributed by atoms with Crippen LogP contribution in [0.15, 0.2) is 12.4 Å². The third-order valence-electron chi connectivity index (χ3n) is 3.33. The van der Waals surface area contributed by atoms with Crippen molar-refractivity contribution in [3.05, 3.63) is 24.0 Å². The van der Waals surface area contributed by atoms with E-state index in [1.54, 1.807) is 0 Å². The molecule has 0 aliphatic heterocycles. The van der Waals surface area contributed by atoms with E-state index in [9.17, 15) is 19.2 Å². The van der Waals surface area contributed by atoms with Gasteiger partial charge in [-0.2, -0.15) is 0 Å². The fourth-order valence-electron chi connectivity index (χ4n) is 1.96. The van der Waals surface area contributed by atoms with Crippen LogP contribution in [0.4, 0.5) is 11.6 Å². The van der Waals surface area contributed by atoms with E-state index >= 15 is 0 Å². The Labute approximate surface area is 187 Å². The molecule has 15 heteroatoms. The third kappa shape index (κ3) is 12.1. The first-order chi connectivity index (χ1) is 14.2. The molecule has 31 heavy (non-hydrogen) atoms. The zero-order valence-electron chi connectivity index (χ0n) is 16.3. The van der Waals surface area contributed by atoms with Crippen molar-refractivity contribution < 1.29 is 46.5 Å². The van der Waals surface area contributed by atoms with E-state index in [-0.39, 0.29) is 54.8 Å². The number of amides is 2. The van der Waals surface area contributed by atoms with Crippen molar-refractivity contribution in [3.8, 4) is 0 Å². The molecule has 0 unspecified atom stereocenters. The number of nitrogens with two attached hydrogens (primary N) is 2. The number of aliphatic carboxylic acids is 2. The third-order valence-corrected chi connectivity index (χ3v) is 3.33. The Hall–Kier alpha value is -3.26. The maximum atomic E-state index is 10.9. The van der Waals surface area contributed by atoms with Crippen LogP contribution in [0.25, 0.3) is 0 Å². The second-order valence-electron chi connectivity index (χ2n) is 5.78. The average molecular weight is 488 g/mol. The Bertz CT molecular complexity index is 798. The van der Waals surface area contributed by atoms with Crippen molar-refractivity contribution in [1.29, 1.82) is 0 Å². The molecule has 10 N–H and O–H groups in total. The monoisotopic (exact) mass is 487 g/mol. The number of carbonyl (C=O) groups excluding carboxylic acids is 2. The maximum absolute atomic E-state index is 10.9. The molecule has 14 nitrogen and oxygen atoms in total. The Kier molecular flexibility index (Phi) is 13.1. The topological polar surface area (TPSA) is 242 Å². The Balaban J connectivity index is 0.000000562. The fourth-order valence-corrected chi connectivity index (χ4v) is 1.96. The van der Waals surface area contributed by atoms with Gasteiger partial charge in [-0.15, -0.1) is 0 Å². The standard InChI is InChI=1S/2C8H12N4O3.Cu/c2*9-3-7(13)12-6-4-10-5(11-6)1-2-8(14)15;/h2*4H,1-3,9H2,(H,10,11)(H,12,13)(H,14,15);. The Morgan fingerprint density at radius 2 is 1.16 bits per heavy atom. The summed E-state index contributed by atoms with van der Waals surface area (Å²) < 4.78 is 0. The smallest absolute Gasteiger partial charge is 0.303 e. The van der Waals surface area contributed by atoms with Crippen LogP contribution in [0, 0.1) is 0 Å². The quantitative estimate of drug-likeness (QED) is 0.183. The van der Waals surface area contributed by atoms with Gasteiger partial charge in [-0.25, -0.2) is 9.97 Å². The summed E-state index contributed by atoms with van der Waals surface area (Å²) in [5.74, 6) is -0.559. The molecule has 2 rings (SSSR count). The molecule has 2 aromatic heterocycles. The van der Waals surface area contributed by atoms with Crippen LogP contribution in [-0.2, 0) is 49.1 Å². The van der Waals surface area contributed by atoms with Crippen molar-refractivity contribution >= 4 is 35.4 Å². The minimum Gasteiger partial charge on any atom is -0.481 e. The van der Waals surface area contributed by atoms with Gasteiger partial charge >= 0.3 is 11.9 Å². The zero-order chi connectivity index (χ0) is 22.5. The maximum Gasteiger partial charge on any atom is 0.303 e. The predicted molar refractivity (Wildman–Crippen MR) is 104 cm³/mol. The number of aryl methyl sites for hydroxylation is 2. The molecule has 0 aliphatic rings. The normalized spacial score (nSPS) is 9.61. The van der Waals surface area contributed by atoms with Crippen LogP contribution >= 0.6 is 0 Å². The number of rotatable bonds is 10. The molecule has 0 fully saturated rings. The number of aromatic amines is 2. The van der Waals surface area contributed by atoms with Gasteiger partial charge in [0.15, 0.2) is 0 Å². The van der Waals surface area contributed by atoms with Crippen LogP contribution in [0.1, 0.15) is 24.5 Å². The molecule has 0 bridgehead atoms. The molecule has 2 heterocycles. The van der Waals surface area contributed by atoms with E-state index in [4.69, 9.17) is 21.7 Å². The Morgan fingerprint density at radius 1 is 0.806 bits per heavy atom. The number of carboxylic acids is 2. The van der Waals surface area contributed by atoms with Gasteiger partial charge < -0.3 is 42.3 Å². The van der Waals surface area contributed by atoms with Gasteiger partial charge in [0.25, 0.3) is 0 Å². The van der Waals surface area contributed by atoms with Crippen molar-refractivity contribution in [2.75, 3.05) is 23.7 Å². The first-order valence-corrected chi connectivity index (χ1v) is 8.74. The van der Waals surface area contributed by atoms with Gasteiger partial charge in [0.1, 0.15) is 23.3 Å². The van der Waals surface area contributed by atoms with Gasteiger partial charge in [0.2, 0.25) is 11.8 Å². The number of nitrogens with zero attached hydrogens (tertiary/aromatic N) is 2. The summed E-state index contributed by atoms with van der Waals surface area (Å²) in [6.07, 6.45) is 3.44. The number of carbonyl (C=O) groups is 4. The minimum absolute atomic E-state index is 0. The van der Waals surface area contributed by atoms with Gasteiger partial charge in [-0.05, 0) is 0 Å². The van der Waals surface area contributed by atoms with E-state index in [2.05, 4.69) is 30.6 Å². The van der Waals surface area contributed by atoms with Gasteiger partial charge in [0, 0.05) is 29.9 Å². The molecule has 0 saturated heterocycles. The van der Waals surface area contributed by atoms with Crippen LogP contribution in [0.5, 0.6) is 0 Å². The molecule has 0 spiro atoms. The number of anilines is 2. The summed E-state index contributed by atoms with van der Waals surface area (Å²) in [5, 5.41) is 21.8. The van der Waals surface area contributed by atoms with Crippen molar-refractivity contribution in [1.82, 2.24) is 19.9 Å². The summed E-state index contributed by atoms with van der Waals surface area (Å²) in [6.45, 7) is -0.215. The molecule has 2 amide bonds. The van der Waals surface area contributed by atoms with Crippen LogP contribution in [-0.4, -0.2) is 67.0 Å². The largest absolute Gasteiger partial charge is 0.481 e. The summed E-state index contributed by atoms with van der Waals surface area (Å²) >= 11 is 0. The van der Waals surface area contributed by atoms with E-state index in [0.29, 0.717) is 36.1 Å². The Morgan fingerprint density at radius 3 is 1.45 bits per heavy atom. The summed E-state index contributed by atoms with van der Waals surface area (Å²) in [4.78, 5) is 55.7. The fraction of sp³-hybridized carbons (Fsp3) is 0.375. The zero-order valence-corrected chi connectivity index (χ0v) is 17.2. The van der Waals surface area contributed by atoms with E-state index < -0.39 is 11.9 Å². The van der Waals surface area contributed by atoms with Crippen LogP contribution in [0.2, 0.25) is 0 Å². The second-order valence-corrected chi connectivity index (χ2v) is 5.78. The summed E-state index contributed by atoms with van der Waals surface area (Å²) in [7, 11) is 0. The van der Waals surface area contributed by atoms with Crippen molar-refractivity contribution in [2.24, 2.45) is 11.5 Å². The molecular formula is C16H24CuN8O6. The van der Waals surface area contributed by atoms with Gasteiger partial charge in [-0.1, -0.05) is 0 Å². The predicted octanol–water partition coefficient (Wildman–Crippen LogP) is -1.35. The second kappa shape index (κ2) is 14.7. The van der Waals surface area contributed by atoms with Gasteiger partial charge in [0.05, 0.1) is 38.3 Å². The molecule has 2 aromatic rings. The number of hydrogen-bond donors (Lipinski definition) is 8. The number of aromatic nitrogens is 4. The number of nitrogens with one attached hydrogen (secondary N) is 4.